The number of nitrogens with zero attached hydrogens (tertiary/aromatic N) is 1. The average molecular weight is 663 g/mol. The summed E-state index contributed by atoms with van der Waals surface area (Å²) in [6.07, 6.45) is 0.0707. The standard InChI is InChI=1S/C36H46N4O8/c1-24(32(42)37-19-13-18-25-14-9-7-10-15-25)39-33(43)29(22-28-30(46-5)20-27(41)21-31(28)47-6)40(35(45)48-36(2,3)4)34(44)38-23-26-16-11-8-12-17-26/h7-12,14-17,20-21,24,29,41H,13,18-19,22-23H2,1-6H3,(H,37,42)(H,38,44)(H,39,43)/t24-,29-/m1/s1. The van der Waals surface area contributed by atoms with Crippen molar-refractivity contribution in [2.45, 2.75) is 71.2 Å². The predicted octanol–water partition coefficient (Wildman–Crippen LogP) is 4.72. The van der Waals surface area contributed by atoms with Gasteiger partial charge in [0.2, 0.25) is 11.8 Å². The van der Waals surface area contributed by atoms with Crippen molar-refractivity contribution in [1.29, 1.82) is 0 Å². The van der Waals surface area contributed by atoms with Crippen LogP contribution in [0.3, 0.4) is 0 Å². The van der Waals surface area contributed by atoms with Crippen LogP contribution < -0.4 is 25.4 Å². The summed E-state index contributed by atoms with van der Waals surface area (Å²) in [6, 6.07) is 18.1. The molecule has 0 bridgehead atoms. The molecule has 0 radical (unpaired) electrons. The molecule has 3 aromatic rings. The first-order valence-electron chi connectivity index (χ1n) is 15.7. The van der Waals surface area contributed by atoms with Crippen LogP contribution in [0.25, 0.3) is 0 Å². The van der Waals surface area contributed by atoms with Gasteiger partial charge in [0.1, 0.15) is 34.9 Å². The number of carbonyl (C=O) groups is 4. The molecule has 0 aliphatic heterocycles. The summed E-state index contributed by atoms with van der Waals surface area (Å²) in [5, 5.41) is 18.4. The Hall–Kier alpha value is -5.26. The fourth-order valence-corrected chi connectivity index (χ4v) is 4.86. The van der Waals surface area contributed by atoms with Crippen LogP contribution in [0.1, 0.15) is 50.8 Å². The van der Waals surface area contributed by atoms with Gasteiger partial charge in [0, 0.05) is 37.2 Å². The normalized spacial score (nSPS) is 12.2. The molecule has 0 saturated carbocycles. The molecule has 12 heteroatoms. The summed E-state index contributed by atoms with van der Waals surface area (Å²) < 4.78 is 16.5. The number of nitrogens with one attached hydrogen (secondary N) is 3. The molecule has 12 nitrogen and oxygen atoms in total. The summed E-state index contributed by atoms with van der Waals surface area (Å²) in [7, 11) is 2.74. The summed E-state index contributed by atoms with van der Waals surface area (Å²) in [5.74, 6) is -1.09. The minimum Gasteiger partial charge on any atom is -0.508 e. The summed E-state index contributed by atoms with van der Waals surface area (Å²) in [5.41, 5.74) is 1.18. The minimum absolute atomic E-state index is 0.0565. The molecule has 0 fully saturated rings. The quantitative estimate of drug-likeness (QED) is 0.181. The van der Waals surface area contributed by atoms with Crippen molar-refractivity contribution in [2.24, 2.45) is 0 Å². The topological polar surface area (TPSA) is 156 Å². The first-order valence-corrected chi connectivity index (χ1v) is 15.7. The Balaban J connectivity index is 1.92. The second-order valence-electron chi connectivity index (χ2n) is 12.2. The Bertz CT molecular complexity index is 1500. The second kappa shape index (κ2) is 17.6. The zero-order chi connectivity index (χ0) is 35.3. The van der Waals surface area contributed by atoms with E-state index in [1.165, 1.54) is 33.3 Å². The Morgan fingerprint density at radius 3 is 1.94 bits per heavy atom. The highest BCUT2D eigenvalue weighted by Crippen LogP contribution is 2.35. The molecule has 3 rings (SSSR count). The van der Waals surface area contributed by atoms with Crippen molar-refractivity contribution in [2.75, 3.05) is 20.8 Å². The lowest BCUT2D eigenvalue weighted by Crippen LogP contribution is -2.59. The van der Waals surface area contributed by atoms with Crippen molar-refractivity contribution in [1.82, 2.24) is 20.9 Å². The van der Waals surface area contributed by atoms with Crippen molar-refractivity contribution in [3.8, 4) is 17.2 Å². The number of rotatable bonds is 14. The molecule has 0 unspecified atom stereocenters. The molecule has 0 aliphatic carbocycles. The lowest BCUT2D eigenvalue weighted by molar-refractivity contribution is -0.131. The molecule has 3 aromatic carbocycles. The van der Waals surface area contributed by atoms with E-state index in [0.717, 1.165) is 17.5 Å². The van der Waals surface area contributed by atoms with Crippen LogP contribution in [-0.4, -0.2) is 72.4 Å². The second-order valence-corrected chi connectivity index (χ2v) is 12.2. The molecule has 0 saturated heterocycles. The Morgan fingerprint density at radius 2 is 1.40 bits per heavy atom. The monoisotopic (exact) mass is 662 g/mol. The highest BCUT2D eigenvalue weighted by atomic mass is 16.6. The van der Waals surface area contributed by atoms with Crippen molar-refractivity contribution < 1.29 is 38.5 Å². The number of amides is 5. The molecule has 4 N–H and O–H groups in total. The van der Waals surface area contributed by atoms with Crippen LogP contribution in [-0.2, 0) is 33.7 Å². The third-order valence-corrected chi connectivity index (χ3v) is 7.24. The maximum atomic E-state index is 14.1. The number of hydrogen-bond donors (Lipinski definition) is 4. The molecular formula is C36H46N4O8. The van der Waals surface area contributed by atoms with E-state index in [0.29, 0.717) is 23.4 Å². The highest BCUT2D eigenvalue weighted by Gasteiger charge is 2.40. The first-order chi connectivity index (χ1) is 22.8. The SMILES string of the molecule is COc1cc(O)cc(OC)c1C[C@H](C(=O)N[C@H](C)C(=O)NCCCc1ccccc1)N(C(=O)NCc1ccccc1)C(=O)OC(C)(C)C. The van der Waals surface area contributed by atoms with Gasteiger partial charge in [0.15, 0.2) is 0 Å². The number of ether oxygens (including phenoxy) is 3. The van der Waals surface area contributed by atoms with Crippen LogP contribution in [0.2, 0.25) is 0 Å². The largest absolute Gasteiger partial charge is 0.508 e. The van der Waals surface area contributed by atoms with E-state index in [-0.39, 0.29) is 30.2 Å². The van der Waals surface area contributed by atoms with Gasteiger partial charge in [-0.15, -0.1) is 0 Å². The number of methoxy groups -OCH3 is 2. The van der Waals surface area contributed by atoms with Crippen LogP contribution in [0.4, 0.5) is 9.59 Å². The van der Waals surface area contributed by atoms with E-state index < -0.39 is 41.6 Å². The molecule has 0 aliphatic rings. The van der Waals surface area contributed by atoms with Crippen LogP contribution >= 0.6 is 0 Å². The van der Waals surface area contributed by atoms with Crippen molar-refractivity contribution in [3.63, 3.8) is 0 Å². The van der Waals surface area contributed by atoms with Gasteiger partial charge in [0.25, 0.3) is 0 Å². The number of phenolic OH excluding ortho intramolecular Hbond substituents is 1. The highest BCUT2D eigenvalue weighted by molar-refractivity contribution is 5.99. The van der Waals surface area contributed by atoms with Crippen LogP contribution in [0, 0.1) is 0 Å². The maximum Gasteiger partial charge on any atom is 0.419 e. The molecule has 0 heterocycles. The van der Waals surface area contributed by atoms with E-state index in [1.54, 1.807) is 45.0 Å². The molecule has 5 amide bonds. The number of phenols is 1. The number of aryl methyl sites for hydroxylation is 1. The number of hydrogen-bond acceptors (Lipinski definition) is 8. The average Bonchev–Trinajstić information content (AvgIpc) is 3.05. The Kier molecular flexibility index (Phi) is 13.6. The lowest BCUT2D eigenvalue weighted by Gasteiger charge is -2.32. The predicted molar refractivity (Wildman–Crippen MR) is 181 cm³/mol. The Morgan fingerprint density at radius 1 is 0.833 bits per heavy atom. The van der Waals surface area contributed by atoms with Gasteiger partial charge in [-0.1, -0.05) is 60.7 Å². The lowest BCUT2D eigenvalue weighted by atomic mass is 10.0. The summed E-state index contributed by atoms with van der Waals surface area (Å²) in [4.78, 5) is 55.3. The number of urea groups is 1. The van der Waals surface area contributed by atoms with E-state index in [1.807, 2.05) is 36.4 Å². The molecule has 0 aromatic heterocycles. The van der Waals surface area contributed by atoms with E-state index in [2.05, 4.69) is 16.0 Å². The van der Waals surface area contributed by atoms with Gasteiger partial charge in [0.05, 0.1) is 14.2 Å². The van der Waals surface area contributed by atoms with E-state index >= 15 is 0 Å². The van der Waals surface area contributed by atoms with E-state index in [9.17, 15) is 24.3 Å². The first kappa shape index (κ1) is 37.2. The van der Waals surface area contributed by atoms with Crippen LogP contribution in [0.5, 0.6) is 17.2 Å². The molecule has 2 atom stereocenters. The number of benzene rings is 3. The smallest absolute Gasteiger partial charge is 0.419 e. The molecule has 48 heavy (non-hydrogen) atoms. The third kappa shape index (κ3) is 11.2. The fraction of sp³-hybridized carbons (Fsp3) is 0.389. The molecular weight excluding hydrogens is 616 g/mol. The van der Waals surface area contributed by atoms with Crippen molar-refractivity contribution >= 4 is 23.9 Å². The number of carbonyl (C=O) groups excluding carboxylic acids is 4. The third-order valence-electron chi connectivity index (χ3n) is 7.24. The van der Waals surface area contributed by atoms with Gasteiger partial charge in [-0.3, -0.25) is 9.59 Å². The Labute approximate surface area is 281 Å². The van der Waals surface area contributed by atoms with Crippen LogP contribution in [0.15, 0.2) is 72.8 Å². The van der Waals surface area contributed by atoms with Crippen molar-refractivity contribution in [3.05, 3.63) is 89.5 Å². The summed E-state index contributed by atoms with van der Waals surface area (Å²) >= 11 is 0. The number of aromatic hydroxyl groups is 1. The summed E-state index contributed by atoms with van der Waals surface area (Å²) in [6.45, 7) is 6.85. The zero-order valence-electron chi connectivity index (χ0n) is 28.4. The van der Waals surface area contributed by atoms with Gasteiger partial charge < -0.3 is 35.3 Å². The minimum atomic E-state index is -1.55. The van der Waals surface area contributed by atoms with Gasteiger partial charge in [-0.2, -0.15) is 0 Å². The molecule has 0 spiro atoms. The van der Waals surface area contributed by atoms with Gasteiger partial charge >= 0.3 is 12.1 Å². The van der Waals surface area contributed by atoms with Gasteiger partial charge in [-0.05, 0) is 51.7 Å². The molecule has 258 valence electrons. The van der Waals surface area contributed by atoms with E-state index in [4.69, 9.17) is 14.2 Å². The maximum absolute atomic E-state index is 14.1. The van der Waals surface area contributed by atoms with Gasteiger partial charge in [-0.25, -0.2) is 14.5 Å². The fourth-order valence-electron chi connectivity index (χ4n) is 4.86. The number of imide groups is 1. The zero-order valence-corrected chi connectivity index (χ0v) is 28.4.